The van der Waals surface area contributed by atoms with Crippen molar-refractivity contribution < 1.29 is 9.72 Å². The molecule has 0 saturated carbocycles. The van der Waals surface area contributed by atoms with E-state index in [0.29, 0.717) is 17.7 Å². The maximum absolute atomic E-state index is 12.4. The Hall–Kier alpha value is -2.62. The molecule has 2 aromatic carbocycles. The number of carbonyl (C=O) groups is 1. The van der Waals surface area contributed by atoms with Crippen molar-refractivity contribution in [3.63, 3.8) is 0 Å². The predicted molar refractivity (Wildman–Crippen MR) is 105 cm³/mol. The fourth-order valence-electron chi connectivity index (χ4n) is 2.77. The molecule has 2 unspecified atom stereocenters. The van der Waals surface area contributed by atoms with Gasteiger partial charge in [0.15, 0.2) is 0 Å². The van der Waals surface area contributed by atoms with Gasteiger partial charge in [-0.25, -0.2) is 16.3 Å². The highest BCUT2D eigenvalue weighted by atomic mass is 79.9. The normalized spacial score (nSPS) is 19.7. The molecular weight excluding hydrogens is 414 g/mol. The van der Waals surface area contributed by atoms with E-state index >= 15 is 0 Å². The van der Waals surface area contributed by atoms with Gasteiger partial charge in [0, 0.05) is 28.2 Å². The standard InChI is InChI=1S/C18H18BrN5O3/c1-11(13-3-2-4-15(9-13)24(26)27)20-23-18(25)17-10-16(21-22-17)12-5-7-14(19)8-6-12/h2-9,16-17,21-22H,10H2,1H3,(H,23,25)/b20-11+. The predicted octanol–water partition coefficient (Wildman–Crippen LogP) is 2.81. The molecule has 27 heavy (non-hydrogen) atoms. The number of non-ortho nitro benzene ring substituents is 1. The van der Waals surface area contributed by atoms with Gasteiger partial charge in [0.1, 0.15) is 6.04 Å². The van der Waals surface area contributed by atoms with Crippen molar-refractivity contribution in [1.82, 2.24) is 16.3 Å². The first kappa shape index (κ1) is 19.2. The van der Waals surface area contributed by atoms with Crippen LogP contribution in [0.4, 0.5) is 5.69 Å². The van der Waals surface area contributed by atoms with Crippen molar-refractivity contribution in [1.29, 1.82) is 0 Å². The largest absolute Gasteiger partial charge is 0.271 e. The second-order valence-corrected chi connectivity index (χ2v) is 7.08. The van der Waals surface area contributed by atoms with E-state index < -0.39 is 11.0 Å². The van der Waals surface area contributed by atoms with E-state index in [2.05, 4.69) is 37.3 Å². The average molecular weight is 432 g/mol. The van der Waals surface area contributed by atoms with Crippen LogP contribution in [0.2, 0.25) is 0 Å². The number of carbonyl (C=O) groups excluding carboxylic acids is 1. The van der Waals surface area contributed by atoms with Crippen molar-refractivity contribution >= 4 is 33.2 Å². The highest BCUT2D eigenvalue weighted by Crippen LogP contribution is 2.23. The molecule has 2 aromatic rings. The summed E-state index contributed by atoms with van der Waals surface area (Å²) in [6.45, 7) is 1.68. The summed E-state index contributed by atoms with van der Waals surface area (Å²) < 4.78 is 0.998. The highest BCUT2D eigenvalue weighted by molar-refractivity contribution is 9.10. The van der Waals surface area contributed by atoms with Crippen LogP contribution in [0.3, 0.4) is 0 Å². The van der Waals surface area contributed by atoms with E-state index in [1.165, 1.54) is 12.1 Å². The van der Waals surface area contributed by atoms with Gasteiger partial charge in [-0.3, -0.25) is 14.9 Å². The number of benzene rings is 2. The number of nitro benzene ring substituents is 1. The Kier molecular flexibility index (Phi) is 5.94. The van der Waals surface area contributed by atoms with Crippen LogP contribution < -0.4 is 16.3 Å². The zero-order chi connectivity index (χ0) is 19.4. The minimum absolute atomic E-state index is 0.0209. The first-order chi connectivity index (χ1) is 12.9. The van der Waals surface area contributed by atoms with Gasteiger partial charge in [-0.1, -0.05) is 40.2 Å². The van der Waals surface area contributed by atoms with Crippen molar-refractivity contribution in [2.45, 2.75) is 25.4 Å². The van der Waals surface area contributed by atoms with Crippen LogP contribution in [-0.4, -0.2) is 22.6 Å². The third-order valence-corrected chi connectivity index (χ3v) is 4.83. The lowest BCUT2D eigenvalue weighted by Gasteiger charge is -2.09. The molecule has 0 aromatic heterocycles. The summed E-state index contributed by atoms with van der Waals surface area (Å²) in [5.41, 5.74) is 10.7. The summed E-state index contributed by atoms with van der Waals surface area (Å²) in [6, 6.07) is 13.6. The topological polar surface area (TPSA) is 109 Å². The fraction of sp³-hybridized carbons (Fsp3) is 0.222. The summed E-state index contributed by atoms with van der Waals surface area (Å²) >= 11 is 3.40. The van der Waals surface area contributed by atoms with Crippen LogP contribution in [0.25, 0.3) is 0 Å². The Morgan fingerprint density at radius 1 is 1.26 bits per heavy atom. The summed E-state index contributed by atoms with van der Waals surface area (Å²) in [4.78, 5) is 22.7. The molecule has 1 aliphatic rings. The molecule has 9 heteroatoms. The molecule has 1 saturated heterocycles. The van der Waals surface area contributed by atoms with Crippen LogP contribution in [-0.2, 0) is 4.79 Å². The minimum Gasteiger partial charge on any atom is -0.271 e. The first-order valence-electron chi connectivity index (χ1n) is 8.29. The summed E-state index contributed by atoms with van der Waals surface area (Å²) in [5.74, 6) is -0.271. The van der Waals surface area contributed by atoms with E-state index in [4.69, 9.17) is 0 Å². The number of nitrogens with zero attached hydrogens (tertiary/aromatic N) is 2. The van der Waals surface area contributed by atoms with Crippen LogP contribution in [0.15, 0.2) is 58.1 Å². The van der Waals surface area contributed by atoms with Gasteiger partial charge in [0.25, 0.3) is 11.6 Å². The average Bonchev–Trinajstić information content (AvgIpc) is 3.16. The molecule has 3 N–H and O–H groups in total. The molecule has 1 fully saturated rings. The number of hydrogen-bond acceptors (Lipinski definition) is 6. The molecular formula is C18H18BrN5O3. The second kappa shape index (κ2) is 8.38. The Bertz CT molecular complexity index is 885. The van der Waals surface area contributed by atoms with Crippen molar-refractivity contribution in [3.05, 3.63) is 74.2 Å². The van der Waals surface area contributed by atoms with Crippen LogP contribution in [0.5, 0.6) is 0 Å². The molecule has 1 aliphatic heterocycles. The molecule has 2 atom stereocenters. The summed E-state index contributed by atoms with van der Waals surface area (Å²) in [6.07, 6.45) is 0.582. The third-order valence-electron chi connectivity index (χ3n) is 4.30. The number of hydrogen-bond donors (Lipinski definition) is 3. The van der Waals surface area contributed by atoms with Crippen molar-refractivity contribution in [3.8, 4) is 0 Å². The van der Waals surface area contributed by atoms with E-state index in [9.17, 15) is 14.9 Å². The van der Waals surface area contributed by atoms with Gasteiger partial charge in [0.2, 0.25) is 0 Å². The van der Waals surface area contributed by atoms with E-state index in [1.807, 2.05) is 24.3 Å². The van der Waals surface area contributed by atoms with E-state index in [1.54, 1.807) is 19.1 Å². The number of nitro groups is 1. The van der Waals surface area contributed by atoms with Gasteiger partial charge in [0.05, 0.1) is 10.6 Å². The molecule has 0 aliphatic carbocycles. The van der Waals surface area contributed by atoms with Crippen molar-refractivity contribution in [2.24, 2.45) is 5.10 Å². The van der Waals surface area contributed by atoms with Crippen LogP contribution in [0, 0.1) is 10.1 Å². The van der Waals surface area contributed by atoms with Crippen LogP contribution in [0.1, 0.15) is 30.5 Å². The minimum atomic E-state index is -0.467. The third kappa shape index (κ3) is 4.76. The SMILES string of the molecule is C/C(=N\NC(=O)C1CC(c2ccc(Br)cc2)NN1)c1cccc([N+](=O)[O-])c1. The summed E-state index contributed by atoms with van der Waals surface area (Å²) in [5, 5.41) is 14.9. The van der Waals surface area contributed by atoms with Gasteiger partial charge >= 0.3 is 0 Å². The highest BCUT2D eigenvalue weighted by Gasteiger charge is 2.30. The fourth-order valence-corrected chi connectivity index (χ4v) is 3.03. The van der Waals surface area contributed by atoms with E-state index in [0.717, 1.165) is 10.0 Å². The van der Waals surface area contributed by atoms with Gasteiger partial charge in [-0.2, -0.15) is 5.10 Å². The number of amides is 1. The Balaban J connectivity index is 1.60. The smallest absolute Gasteiger partial charge is 0.270 e. The number of halogens is 1. The Morgan fingerprint density at radius 2 is 2.00 bits per heavy atom. The monoisotopic (exact) mass is 431 g/mol. The Morgan fingerprint density at radius 3 is 2.70 bits per heavy atom. The summed E-state index contributed by atoms with van der Waals surface area (Å²) in [7, 11) is 0. The van der Waals surface area contributed by atoms with Gasteiger partial charge in [-0.05, 0) is 31.0 Å². The lowest BCUT2D eigenvalue weighted by atomic mass is 10.0. The Labute approximate surface area is 164 Å². The molecule has 1 heterocycles. The zero-order valence-electron chi connectivity index (χ0n) is 14.5. The number of hydrazine groups is 1. The molecule has 0 spiro atoms. The number of rotatable bonds is 5. The van der Waals surface area contributed by atoms with E-state index in [-0.39, 0.29) is 17.6 Å². The lowest BCUT2D eigenvalue weighted by molar-refractivity contribution is -0.384. The van der Waals surface area contributed by atoms with Gasteiger partial charge in [-0.15, -0.1) is 0 Å². The lowest BCUT2D eigenvalue weighted by Crippen LogP contribution is -2.41. The zero-order valence-corrected chi connectivity index (χ0v) is 16.1. The molecule has 8 nitrogen and oxygen atoms in total. The molecule has 1 amide bonds. The molecule has 0 radical (unpaired) electrons. The maximum Gasteiger partial charge on any atom is 0.270 e. The maximum atomic E-state index is 12.4. The van der Waals surface area contributed by atoms with Gasteiger partial charge < -0.3 is 0 Å². The molecule has 0 bridgehead atoms. The number of nitrogens with one attached hydrogen (secondary N) is 3. The van der Waals surface area contributed by atoms with Crippen molar-refractivity contribution in [2.75, 3.05) is 0 Å². The number of hydrazone groups is 1. The van der Waals surface area contributed by atoms with Crippen LogP contribution >= 0.6 is 15.9 Å². The second-order valence-electron chi connectivity index (χ2n) is 6.16. The molecule has 3 rings (SSSR count). The quantitative estimate of drug-likeness (QED) is 0.383. The molecule has 140 valence electrons. The first-order valence-corrected chi connectivity index (χ1v) is 9.09.